The van der Waals surface area contributed by atoms with Gasteiger partial charge in [-0.25, -0.2) is 4.79 Å². The molecule has 1 atom stereocenters. The Morgan fingerprint density at radius 3 is 2.60 bits per heavy atom. The predicted molar refractivity (Wildman–Crippen MR) is 75.7 cm³/mol. The summed E-state index contributed by atoms with van der Waals surface area (Å²) in [6.07, 6.45) is 1.72. The minimum atomic E-state index is -0.785. The van der Waals surface area contributed by atoms with Crippen LogP contribution in [0.1, 0.15) is 40.0 Å². The number of likely N-dealkylation sites (tertiary alicyclic amines) is 1. The number of rotatable bonds is 4. The van der Waals surface area contributed by atoms with Crippen molar-refractivity contribution in [2.24, 2.45) is 0 Å². The second-order valence-corrected chi connectivity index (χ2v) is 6.33. The lowest BCUT2D eigenvalue weighted by atomic mass is 10.0. The Kier molecular flexibility index (Phi) is 5.80. The van der Waals surface area contributed by atoms with Crippen LogP contribution >= 0.6 is 0 Å². The first-order chi connectivity index (χ1) is 9.19. The highest BCUT2D eigenvalue weighted by atomic mass is 16.6. The number of ether oxygens (including phenoxy) is 1. The third-order valence-corrected chi connectivity index (χ3v) is 3.35. The predicted octanol–water partition coefficient (Wildman–Crippen LogP) is 1.79. The molecule has 1 aliphatic heterocycles. The van der Waals surface area contributed by atoms with Gasteiger partial charge in [0.1, 0.15) is 5.60 Å². The molecular weight excluding hydrogens is 260 g/mol. The van der Waals surface area contributed by atoms with Crippen LogP contribution in [0.4, 0.5) is 4.79 Å². The van der Waals surface area contributed by atoms with Crippen molar-refractivity contribution in [3.05, 3.63) is 0 Å². The maximum absolute atomic E-state index is 12.0. The Labute approximate surface area is 120 Å². The summed E-state index contributed by atoms with van der Waals surface area (Å²) < 4.78 is 5.36. The zero-order valence-corrected chi connectivity index (χ0v) is 12.9. The Bertz CT molecular complexity index is 352. The van der Waals surface area contributed by atoms with Crippen molar-refractivity contribution >= 4 is 12.1 Å². The van der Waals surface area contributed by atoms with Crippen LogP contribution in [-0.4, -0.2) is 65.3 Å². The first-order valence-corrected chi connectivity index (χ1v) is 7.09. The van der Waals surface area contributed by atoms with E-state index in [0.717, 1.165) is 19.4 Å². The number of hydrogen-bond acceptors (Lipinski definition) is 4. The number of carbonyl (C=O) groups is 2. The van der Waals surface area contributed by atoms with Gasteiger partial charge >= 0.3 is 12.1 Å². The van der Waals surface area contributed by atoms with E-state index >= 15 is 0 Å². The van der Waals surface area contributed by atoms with Gasteiger partial charge < -0.3 is 19.6 Å². The molecule has 1 aliphatic rings. The number of nitrogens with zero attached hydrogens (tertiary/aromatic N) is 2. The van der Waals surface area contributed by atoms with E-state index in [2.05, 4.69) is 4.90 Å². The Morgan fingerprint density at radius 2 is 2.05 bits per heavy atom. The fourth-order valence-corrected chi connectivity index (χ4v) is 2.29. The summed E-state index contributed by atoms with van der Waals surface area (Å²) in [5, 5.41) is 8.72. The Balaban J connectivity index is 2.49. The van der Waals surface area contributed by atoms with E-state index in [4.69, 9.17) is 9.84 Å². The van der Waals surface area contributed by atoms with Crippen LogP contribution in [0.25, 0.3) is 0 Å². The van der Waals surface area contributed by atoms with Crippen molar-refractivity contribution in [2.75, 3.05) is 26.7 Å². The normalized spacial score (nSPS) is 20.5. The molecule has 0 aromatic heterocycles. The summed E-state index contributed by atoms with van der Waals surface area (Å²) in [6, 6.07) is 0.0902. The highest BCUT2D eigenvalue weighted by Gasteiger charge is 2.29. The summed E-state index contributed by atoms with van der Waals surface area (Å²) in [4.78, 5) is 26.4. The lowest BCUT2D eigenvalue weighted by molar-refractivity contribution is -0.137. The number of hydrogen-bond donors (Lipinski definition) is 1. The molecule has 1 saturated heterocycles. The molecule has 0 aliphatic carbocycles. The third-order valence-electron chi connectivity index (χ3n) is 3.35. The Morgan fingerprint density at radius 1 is 1.40 bits per heavy atom. The summed E-state index contributed by atoms with van der Waals surface area (Å²) in [5.41, 5.74) is -0.497. The van der Waals surface area contributed by atoms with Gasteiger partial charge in [-0.2, -0.15) is 0 Å². The summed E-state index contributed by atoms with van der Waals surface area (Å²) in [7, 11) is 1.75. The zero-order valence-electron chi connectivity index (χ0n) is 12.9. The van der Waals surface area contributed by atoms with Gasteiger partial charge in [0.25, 0.3) is 0 Å². The van der Waals surface area contributed by atoms with Gasteiger partial charge in [-0.3, -0.25) is 4.79 Å². The first-order valence-electron chi connectivity index (χ1n) is 7.09. The third kappa shape index (κ3) is 5.77. The second-order valence-electron chi connectivity index (χ2n) is 6.33. The smallest absolute Gasteiger partial charge is 0.410 e. The van der Waals surface area contributed by atoms with Crippen LogP contribution in [0.5, 0.6) is 0 Å². The maximum Gasteiger partial charge on any atom is 0.410 e. The van der Waals surface area contributed by atoms with Crippen molar-refractivity contribution in [1.29, 1.82) is 0 Å². The lowest BCUT2D eigenvalue weighted by Gasteiger charge is -2.37. The molecule has 0 saturated carbocycles. The van der Waals surface area contributed by atoms with E-state index < -0.39 is 11.6 Å². The topological polar surface area (TPSA) is 70.1 Å². The highest BCUT2D eigenvalue weighted by Crippen LogP contribution is 2.18. The number of amides is 1. The molecule has 116 valence electrons. The molecule has 0 radical (unpaired) electrons. The van der Waals surface area contributed by atoms with E-state index in [1.165, 1.54) is 0 Å². The standard InChI is InChI=1S/C14H26N2O4/c1-14(2,3)20-13(19)15(4)11-6-5-8-16(10-11)9-7-12(17)18/h11H,5-10H2,1-4H3,(H,17,18). The SMILES string of the molecule is CN(C(=O)OC(C)(C)C)C1CCCN(CCC(=O)O)C1. The van der Waals surface area contributed by atoms with Crippen LogP contribution in [0.2, 0.25) is 0 Å². The number of piperidine rings is 1. The van der Waals surface area contributed by atoms with Gasteiger partial charge in [0.05, 0.1) is 6.42 Å². The molecule has 0 spiro atoms. The largest absolute Gasteiger partial charge is 0.481 e. The highest BCUT2D eigenvalue weighted by molar-refractivity contribution is 5.68. The molecule has 1 rings (SSSR count). The van der Waals surface area contributed by atoms with Gasteiger partial charge in [0, 0.05) is 26.2 Å². The fourth-order valence-electron chi connectivity index (χ4n) is 2.29. The molecule has 0 aromatic rings. The molecular formula is C14H26N2O4. The summed E-state index contributed by atoms with van der Waals surface area (Å²) in [5.74, 6) is -0.785. The fraction of sp³-hybridized carbons (Fsp3) is 0.857. The minimum absolute atomic E-state index is 0.0902. The molecule has 6 nitrogen and oxygen atoms in total. The number of carbonyl (C=O) groups excluding carboxylic acids is 1. The van der Waals surface area contributed by atoms with Crippen molar-refractivity contribution in [3.63, 3.8) is 0 Å². The number of carboxylic acid groups (broad SMARTS) is 1. The van der Waals surface area contributed by atoms with Gasteiger partial charge in [0.15, 0.2) is 0 Å². The van der Waals surface area contributed by atoms with Crippen molar-refractivity contribution < 1.29 is 19.4 Å². The number of carboxylic acids is 1. The van der Waals surface area contributed by atoms with E-state index in [0.29, 0.717) is 13.1 Å². The van der Waals surface area contributed by atoms with Crippen molar-refractivity contribution in [1.82, 2.24) is 9.80 Å². The van der Waals surface area contributed by atoms with Gasteiger partial charge in [0.2, 0.25) is 0 Å². The van der Waals surface area contributed by atoms with E-state index in [9.17, 15) is 9.59 Å². The molecule has 20 heavy (non-hydrogen) atoms. The molecule has 1 heterocycles. The summed E-state index contributed by atoms with van der Waals surface area (Å²) in [6.45, 7) is 7.68. The number of likely N-dealkylation sites (N-methyl/N-ethyl adjacent to an activating group) is 1. The van der Waals surface area contributed by atoms with Crippen LogP contribution in [-0.2, 0) is 9.53 Å². The molecule has 1 unspecified atom stereocenters. The van der Waals surface area contributed by atoms with E-state index in [1.807, 2.05) is 20.8 Å². The molecule has 1 fully saturated rings. The molecule has 6 heteroatoms. The molecule has 1 N–H and O–H groups in total. The average molecular weight is 286 g/mol. The van der Waals surface area contributed by atoms with Crippen molar-refractivity contribution in [2.45, 2.75) is 51.7 Å². The van der Waals surface area contributed by atoms with Crippen LogP contribution < -0.4 is 0 Å². The second kappa shape index (κ2) is 6.92. The molecule has 0 bridgehead atoms. The Hall–Kier alpha value is -1.30. The van der Waals surface area contributed by atoms with E-state index in [1.54, 1.807) is 11.9 Å². The number of aliphatic carboxylic acids is 1. The maximum atomic E-state index is 12.0. The van der Waals surface area contributed by atoms with Gasteiger partial charge in [-0.1, -0.05) is 0 Å². The van der Waals surface area contributed by atoms with Gasteiger partial charge in [-0.15, -0.1) is 0 Å². The quantitative estimate of drug-likeness (QED) is 0.853. The monoisotopic (exact) mass is 286 g/mol. The average Bonchev–Trinajstić information content (AvgIpc) is 2.33. The molecule has 1 amide bonds. The van der Waals surface area contributed by atoms with E-state index in [-0.39, 0.29) is 18.6 Å². The zero-order chi connectivity index (χ0) is 15.3. The van der Waals surface area contributed by atoms with Crippen LogP contribution in [0.15, 0.2) is 0 Å². The molecule has 0 aromatic carbocycles. The van der Waals surface area contributed by atoms with Crippen LogP contribution in [0, 0.1) is 0 Å². The van der Waals surface area contributed by atoms with Gasteiger partial charge in [-0.05, 0) is 40.2 Å². The van der Waals surface area contributed by atoms with Crippen LogP contribution in [0.3, 0.4) is 0 Å². The summed E-state index contributed by atoms with van der Waals surface area (Å²) >= 11 is 0. The van der Waals surface area contributed by atoms with Crippen molar-refractivity contribution in [3.8, 4) is 0 Å². The lowest BCUT2D eigenvalue weighted by Crippen LogP contribution is -2.50. The minimum Gasteiger partial charge on any atom is -0.481 e. The first kappa shape index (κ1) is 16.8.